The van der Waals surface area contributed by atoms with E-state index in [4.69, 9.17) is 25.8 Å². The third-order valence-corrected chi connectivity index (χ3v) is 2.94. The summed E-state index contributed by atoms with van der Waals surface area (Å²) in [5.74, 6) is 1.46. The molecule has 5 heteroatoms. The molecule has 2 heterocycles. The summed E-state index contributed by atoms with van der Waals surface area (Å²) in [6.45, 7) is 2.61. The largest absolute Gasteiger partial charge is 0.486 e. The lowest BCUT2D eigenvalue weighted by Crippen LogP contribution is -2.40. The molecule has 1 aromatic rings. The van der Waals surface area contributed by atoms with E-state index < -0.39 is 0 Å². The second-order valence-electron chi connectivity index (χ2n) is 3.85. The summed E-state index contributed by atoms with van der Waals surface area (Å²) in [5, 5.41) is 3.95. The number of fused-ring (bicyclic) bond motifs is 1. The highest BCUT2D eigenvalue weighted by Crippen LogP contribution is 2.38. The van der Waals surface area contributed by atoms with E-state index in [1.165, 1.54) is 0 Å². The molecule has 0 unspecified atom stereocenters. The Morgan fingerprint density at radius 2 is 1.81 bits per heavy atom. The Morgan fingerprint density at radius 3 is 2.44 bits per heavy atom. The van der Waals surface area contributed by atoms with Gasteiger partial charge in [-0.2, -0.15) is 0 Å². The molecule has 0 bridgehead atoms. The van der Waals surface area contributed by atoms with Crippen molar-refractivity contribution >= 4 is 17.3 Å². The lowest BCUT2D eigenvalue weighted by molar-refractivity contribution is 0.0211. The maximum Gasteiger partial charge on any atom is 0.163 e. The van der Waals surface area contributed by atoms with Crippen molar-refractivity contribution in [2.24, 2.45) is 0 Å². The Hall–Kier alpha value is -1.13. The monoisotopic (exact) mass is 241 g/mol. The summed E-state index contributed by atoms with van der Waals surface area (Å²) in [5.41, 5.74) is 0.874. The van der Waals surface area contributed by atoms with Crippen molar-refractivity contribution in [3.8, 4) is 11.5 Å². The van der Waals surface area contributed by atoms with E-state index >= 15 is 0 Å². The van der Waals surface area contributed by atoms with Gasteiger partial charge in [0.05, 0.1) is 30.0 Å². The van der Waals surface area contributed by atoms with Crippen LogP contribution in [0.1, 0.15) is 0 Å². The normalized spacial score (nSPS) is 19.1. The van der Waals surface area contributed by atoms with Crippen LogP contribution in [0.5, 0.6) is 11.5 Å². The number of benzene rings is 1. The average molecular weight is 242 g/mol. The smallest absolute Gasteiger partial charge is 0.163 e. The first-order chi connectivity index (χ1) is 7.83. The van der Waals surface area contributed by atoms with Crippen molar-refractivity contribution in [3.63, 3.8) is 0 Å². The highest BCUT2D eigenvalue weighted by Gasteiger charge is 2.21. The lowest BCUT2D eigenvalue weighted by atomic mass is 10.2. The summed E-state index contributed by atoms with van der Waals surface area (Å²) in [6, 6.07) is 4.02. The van der Waals surface area contributed by atoms with Crippen molar-refractivity contribution in [1.82, 2.24) is 0 Å². The first-order valence-electron chi connectivity index (χ1n) is 5.26. The van der Waals surface area contributed by atoms with Crippen LogP contribution in [-0.2, 0) is 4.74 Å². The van der Waals surface area contributed by atoms with Gasteiger partial charge in [0.15, 0.2) is 11.5 Å². The molecule has 1 saturated heterocycles. The van der Waals surface area contributed by atoms with Crippen LogP contribution in [0, 0.1) is 0 Å². The quantitative estimate of drug-likeness (QED) is 0.859. The van der Waals surface area contributed by atoms with Gasteiger partial charge in [-0.25, -0.2) is 0 Å². The highest BCUT2D eigenvalue weighted by molar-refractivity contribution is 6.33. The van der Waals surface area contributed by atoms with Crippen molar-refractivity contribution in [3.05, 3.63) is 17.2 Å². The minimum absolute atomic E-state index is 0.347. The standard InChI is InChI=1S/C11H12ClNO3/c12-8-3-10-11(16-2-1-15-10)4-9(8)13-7-5-14-6-7/h3-4,7,13H,1-2,5-6H2. The van der Waals surface area contributed by atoms with E-state index in [0.717, 1.165) is 24.7 Å². The molecule has 0 spiro atoms. The Balaban J connectivity index is 1.86. The van der Waals surface area contributed by atoms with E-state index in [1.807, 2.05) is 6.07 Å². The second-order valence-corrected chi connectivity index (χ2v) is 4.26. The van der Waals surface area contributed by atoms with Crippen LogP contribution >= 0.6 is 11.6 Å². The lowest BCUT2D eigenvalue weighted by Gasteiger charge is -2.29. The van der Waals surface area contributed by atoms with Crippen LogP contribution in [0.3, 0.4) is 0 Å². The van der Waals surface area contributed by atoms with Gasteiger partial charge in [0.25, 0.3) is 0 Å². The first-order valence-corrected chi connectivity index (χ1v) is 5.64. The van der Waals surface area contributed by atoms with Gasteiger partial charge in [0.2, 0.25) is 0 Å². The Labute approximate surface area is 98.4 Å². The minimum Gasteiger partial charge on any atom is -0.486 e. The van der Waals surface area contributed by atoms with Gasteiger partial charge in [0, 0.05) is 12.1 Å². The predicted octanol–water partition coefficient (Wildman–Crippen LogP) is 1.92. The summed E-state index contributed by atoms with van der Waals surface area (Å²) in [7, 11) is 0. The third kappa shape index (κ3) is 1.79. The van der Waals surface area contributed by atoms with E-state index in [0.29, 0.717) is 30.0 Å². The molecule has 3 rings (SSSR count). The SMILES string of the molecule is Clc1cc2c(cc1NC1COC1)OCCO2. The van der Waals surface area contributed by atoms with Gasteiger partial charge in [0.1, 0.15) is 13.2 Å². The zero-order valence-corrected chi connectivity index (χ0v) is 9.42. The molecule has 0 saturated carbocycles. The molecule has 1 fully saturated rings. The molecule has 16 heavy (non-hydrogen) atoms. The van der Waals surface area contributed by atoms with Gasteiger partial charge in [-0.15, -0.1) is 0 Å². The summed E-state index contributed by atoms with van der Waals surface area (Å²) >= 11 is 6.15. The molecule has 0 aliphatic carbocycles. The zero-order valence-electron chi connectivity index (χ0n) is 8.66. The van der Waals surface area contributed by atoms with E-state index in [-0.39, 0.29) is 0 Å². The van der Waals surface area contributed by atoms with E-state index in [1.54, 1.807) is 6.07 Å². The minimum atomic E-state index is 0.347. The number of nitrogens with one attached hydrogen (secondary N) is 1. The maximum absolute atomic E-state index is 6.15. The van der Waals surface area contributed by atoms with Gasteiger partial charge < -0.3 is 19.5 Å². The van der Waals surface area contributed by atoms with Gasteiger partial charge in [-0.3, -0.25) is 0 Å². The zero-order chi connectivity index (χ0) is 11.0. The Kier molecular flexibility index (Phi) is 2.53. The predicted molar refractivity (Wildman–Crippen MR) is 60.7 cm³/mol. The number of hydrogen-bond donors (Lipinski definition) is 1. The highest BCUT2D eigenvalue weighted by atomic mass is 35.5. The van der Waals surface area contributed by atoms with Gasteiger partial charge in [-0.1, -0.05) is 11.6 Å². The third-order valence-electron chi connectivity index (χ3n) is 2.63. The molecule has 1 N–H and O–H groups in total. The molecule has 0 aromatic heterocycles. The van der Waals surface area contributed by atoms with Crippen LogP contribution in [0.25, 0.3) is 0 Å². The fraction of sp³-hybridized carbons (Fsp3) is 0.455. The molecule has 4 nitrogen and oxygen atoms in total. The summed E-state index contributed by atoms with van der Waals surface area (Å²) in [6.07, 6.45) is 0. The Bertz CT molecular complexity index is 406. The number of hydrogen-bond acceptors (Lipinski definition) is 4. The second kappa shape index (κ2) is 4.03. The first kappa shape index (κ1) is 10.1. The molecule has 0 radical (unpaired) electrons. The molecule has 2 aliphatic rings. The van der Waals surface area contributed by atoms with Crippen molar-refractivity contribution in [1.29, 1.82) is 0 Å². The van der Waals surface area contributed by atoms with E-state index in [9.17, 15) is 0 Å². The van der Waals surface area contributed by atoms with Crippen LogP contribution in [-0.4, -0.2) is 32.5 Å². The van der Waals surface area contributed by atoms with E-state index in [2.05, 4.69) is 5.32 Å². The number of anilines is 1. The average Bonchev–Trinajstić information content (AvgIpc) is 2.23. The molecule has 2 aliphatic heterocycles. The summed E-state index contributed by atoms with van der Waals surface area (Å²) in [4.78, 5) is 0. The molecule has 86 valence electrons. The molecular formula is C11H12ClNO3. The number of halogens is 1. The van der Waals surface area contributed by atoms with Crippen LogP contribution in [0.2, 0.25) is 5.02 Å². The van der Waals surface area contributed by atoms with Crippen molar-refractivity contribution in [2.75, 3.05) is 31.7 Å². The van der Waals surface area contributed by atoms with Crippen LogP contribution < -0.4 is 14.8 Å². The number of ether oxygens (including phenoxy) is 3. The summed E-state index contributed by atoms with van der Waals surface area (Å²) < 4.78 is 16.0. The number of rotatable bonds is 2. The van der Waals surface area contributed by atoms with Crippen LogP contribution in [0.15, 0.2) is 12.1 Å². The topological polar surface area (TPSA) is 39.7 Å². The molecule has 1 aromatic carbocycles. The molecular weight excluding hydrogens is 230 g/mol. The Morgan fingerprint density at radius 1 is 1.12 bits per heavy atom. The molecule has 0 atom stereocenters. The fourth-order valence-corrected chi connectivity index (χ4v) is 1.92. The van der Waals surface area contributed by atoms with Crippen molar-refractivity contribution in [2.45, 2.75) is 6.04 Å². The van der Waals surface area contributed by atoms with Crippen LogP contribution in [0.4, 0.5) is 5.69 Å². The van der Waals surface area contributed by atoms with Gasteiger partial charge >= 0.3 is 0 Å². The van der Waals surface area contributed by atoms with Gasteiger partial charge in [-0.05, 0) is 0 Å². The maximum atomic E-state index is 6.15. The molecule has 0 amide bonds. The fourth-order valence-electron chi connectivity index (χ4n) is 1.71. The van der Waals surface area contributed by atoms with Crippen molar-refractivity contribution < 1.29 is 14.2 Å².